The van der Waals surface area contributed by atoms with Crippen molar-refractivity contribution in [3.8, 4) is 0 Å². The molecule has 0 aliphatic rings. The predicted octanol–water partition coefficient (Wildman–Crippen LogP) is 1.75. The fraction of sp³-hybridized carbons (Fsp3) is 0.250. The van der Waals surface area contributed by atoms with Crippen LogP contribution in [0.4, 0.5) is 10.1 Å². The average Bonchev–Trinajstić information content (AvgIpc) is 2.03. The lowest BCUT2D eigenvalue weighted by molar-refractivity contribution is -0.387. The van der Waals surface area contributed by atoms with Crippen molar-refractivity contribution in [3.63, 3.8) is 0 Å². The lowest BCUT2D eigenvalue weighted by Gasteiger charge is -2.04. The van der Waals surface area contributed by atoms with E-state index in [2.05, 4.69) is 0 Å². The fourth-order valence-electron chi connectivity index (χ4n) is 0.954. The van der Waals surface area contributed by atoms with Crippen LogP contribution in [0.2, 0.25) is 0 Å². The van der Waals surface area contributed by atoms with Crippen molar-refractivity contribution in [3.05, 3.63) is 39.7 Å². The Hall–Kier alpha value is -1.49. The van der Waals surface area contributed by atoms with Gasteiger partial charge in [-0.2, -0.15) is 4.39 Å². The van der Waals surface area contributed by atoms with E-state index in [1.165, 1.54) is 6.07 Å². The summed E-state index contributed by atoms with van der Waals surface area (Å²) < 4.78 is 13.0. The van der Waals surface area contributed by atoms with Crippen molar-refractivity contribution in [2.75, 3.05) is 0 Å². The lowest BCUT2D eigenvalue weighted by atomic mass is 10.1. The second-order valence-corrected chi connectivity index (χ2v) is 2.76. The van der Waals surface area contributed by atoms with Crippen molar-refractivity contribution in [1.29, 1.82) is 0 Å². The average molecular weight is 184 g/mol. The summed E-state index contributed by atoms with van der Waals surface area (Å²) in [4.78, 5) is 9.47. The summed E-state index contributed by atoms with van der Waals surface area (Å²) >= 11 is 0. The minimum absolute atomic E-state index is 0.324. The van der Waals surface area contributed by atoms with E-state index in [0.29, 0.717) is 5.56 Å². The van der Waals surface area contributed by atoms with E-state index in [0.717, 1.165) is 12.1 Å². The number of nitrogens with zero attached hydrogens (tertiary/aromatic N) is 1. The molecule has 0 unspecified atom stereocenters. The molecule has 0 spiro atoms. The van der Waals surface area contributed by atoms with Gasteiger partial charge in [-0.3, -0.25) is 10.1 Å². The number of halogens is 1. The van der Waals surface area contributed by atoms with Gasteiger partial charge in [0, 0.05) is 12.1 Å². The largest absolute Gasteiger partial charge is 0.324 e. The first kappa shape index (κ1) is 9.60. The molecular formula is C8H9FN2O2. The van der Waals surface area contributed by atoms with Crippen molar-refractivity contribution in [2.24, 2.45) is 5.73 Å². The van der Waals surface area contributed by atoms with Crippen LogP contribution in [-0.4, -0.2) is 4.92 Å². The first-order valence-electron chi connectivity index (χ1n) is 3.72. The van der Waals surface area contributed by atoms with Gasteiger partial charge in [-0.15, -0.1) is 0 Å². The molecule has 5 heteroatoms. The van der Waals surface area contributed by atoms with Crippen LogP contribution in [0.1, 0.15) is 18.5 Å². The van der Waals surface area contributed by atoms with Crippen LogP contribution in [0.3, 0.4) is 0 Å². The predicted molar refractivity (Wildman–Crippen MR) is 45.7 cm³/mol. The van der Waals surface area contributed by atoms with E-state index in [9.17, 15) is 14.5 Å². The van der Waals surface area contributed by atoms with Crippen LogP contribution >= 0.6 is 0 Å². The Morgan fingerprint density at radius 1 is 1.62 bits per heavy atom. The summed E-state index contributed by atoms with van der Waals surface area (Å²) in [6, 6.07) is 3.33. The Bertz CT molecular complexity index is 339. The topological polar surface area (TPSA) is 69.2 Å². The van der Waals surface area contributed by atoms with Crippen LogP contribution in [0, 0.1) is 15.9 Å². The zero-order valence-electron chi connectivity index (χ0n) is 7.03. The van der Waals surface area contributed by atoms with Gasteiger partial charge in [0.15, 0.2) is 0 Å². The van der Waals surface area contributed by atoms with Crippen LogP contribution in [0.5, 0.6) is 0 Å². The molecule has 4 nitrogen and oxygen atoms in total. The van der Waals surface area contributed by atoms with Crippen LogP contribution in [0.25, 0.3) is 0 Å². The van der Waals surface area contributed by atoms with Gasteiger partial charge in [-0.1, -0.05) is 6.07 Å². The Morgan fingerprint density at radius 3 is 2.62 bits per heavy atom. The molecule has 0 radical (unpaired) electrons. The van der Waals surface area contributed by atoms with E-state index < -0.39 is 16.4 Å². The normalized spacial score (nSPS) is 12.5. The standard InChI is InChI=1S/C8H9FN2O2/c1-5(10)6-2-3-8(11(12)13)7(9)4-6/h2-5H,10H2,1H3/t5-/m0/s1. The summed E-state index contributed by atoms with van der Waals surface area (Å²) in [6.45, 7) is 1.68. The molecule has 0 saturated heterocycles. The fourth-order valence-corrected chi connectivity index (χ4v) is 0.954. The van der Waals surface area contributed by atoms with Gasteiger partial charge >= 0.3 is 5.69 Å². The maximum absolute atomic E-state index is 13.0. The Balaban J connectivity index is 3.13. The Morgan fingerprint density at radius 2 is 2.23 bits per heavy atom. The molecular weight excluding hydrogens is 175 g/mol. The summed E-state index contributed by atoms with van der Waals surface area (Å²) in [7, 11) is 0. The van der Waals surface area contributed by atoms with Crippen LogP contribution in [-0.2, 0) is 0 Å². The van der Waals surface area contributed by atoms with Gasteiger partial charge in [-0.05, 0) is 18.6 Å². The first-order valence-corrected chi connectivity index (χ1v) is 3.72. The van der Waals surface area contributed by atoms with E-state index in [1.54, 1.807) is 6.92 Å². The highest BCUT2D eigenvalue weighted by molar-refractivity contribution is 5.35. The molecule has 70 valence electrons. The Kier molecular flexibility index (Phi) is 2.57. The lowest BCUT2D eigenvalue weighted by Crippen LogP contribution is -2.05. The Labute approximate surface area is 74.3 Å². The molecule has 1 aromatic rings. The van der Waals surface area contributed by atoms with Crippen molar-refractivity contribution in [1.82, 2.24) is 0 Å². The van der Waals surface area contributed by atoms with E-state index in [4.69, 9.17) is 5.73 Å². The number of rotatable bonds is 2. The van der Waals surface area contributed by atoms with Crippen LogP contribution < -0.4 is 5.73 Å². The number of nitro groups is 1. The van der Waals surface area contributed by atoms with Gasteiger partial charge < -0.3 is 5.73 Å². The molecule has 0 amide bonds. The third-order valence-corrected chi connectivity index (χ3v) is 1.69. The van der Waals surface area contributed by atoms with Gasteiger partial charge in [0.25, 0.3) is 0 Å². The first-order chi connectivity index (χ1) is 6.02. The quantitative estimate of drug-likeness (QED) is 0.562. The summed E-state index contributed by atoms with van der Waals surface area (Å²) in [6.07, 6.45) is 0. The minimum Gasteiger partial charge on any atom is -0.324 e. The van der Waals surface area contributed by atoms with Gasteiger partial charge in [0.2, 0.25) is 5.82 Å². The molecule has 0 fully saturated rings. The monoisotopic (exact) mass is 184 g/mol. The summed E-state index contributed by atoms with van der Waals surface area (Å²) in [5.74, 6) is -0.847. The van der Waals surface area contributed by atoms with E-state index in [-0.39, 0.29) is 6.04 Å². The molecule has 1 rings (SSSR count). The second-order valence-electron chi connectivity index (χ2n) is 2.76. The smallest absolute Gasteiger partial charge is 0.304 e. The maximum atomic E-state index is 13.0. The number of nitro benzene ring substituents is 1. The second kappa shape index (κ2) is 3.49. The molecule has 2 N–H and O–H groups in total. The third kappa shape index (κ3) is 2.00. The van der Waals surface area contributed by atoms with Crippen LogP contribution in [0.15, 0.2) is 18.2 Å². The van der Waals surface area contributed by atoms with Gasteiger partial charge in [0.1, 0.15) is 0 Å². The molecule has 0 bridgehead atoms. The van der Waals surface area contributed by atoms with E-state index in [1.807, 2.05) is 0 Å². The molecule has 0 aliphatic carbocycles. The third-order valence-electron chi connectivity index (χ3n) is 1.69. The number of nitrogens with two attached hydrogens (primary N) is 1. The van der Waals surface area contributed by atoms with E-state index >= 15 is 0 Å². The number of benzene rings is 1. The molecule has 13 heavy (non-hydrogen) atoms. The maximum Gasteiger partial charge on any atom is 0.304 e. The molecule has 0 saturated carbocycles. The number of hydrogen-bond acceptors (Lipinski definition) is 3. The molecule has 0 aromatic heterocycles. The SMILES string of the molecule is C[C@H](N)c1ccc([N+](=O)[O-])c(F)c1. The molecule has 1 aromatic carbocycles. The zero-order valence-corrected chi connectivity index (χ0v) is 7.03. The van der Waals surface area contributed by atoms with Crippen molar-refractivity contribution in [2.45, 2.75) is 13.0 Å². The van der Waals surface area contributed by atoms with Crippen molar-refractivity contribution < 1.29 is 9.31 Å². The minimum atomic E-state index is -0.847. The highest BCUT2D eigenvalue weighted by atomic mass is 19.1. The molecule has 0 aliphatic heterocycles. The summed E-state index contributed by atoms with van der Waals surface area (Å²) in [5, 5.41) is 10.2. The molecule has 1 atom stereocenters. The van der Waals surface area contributed by atoms with Crippen molar-refractivity contribution >= 4 is 5.69 Å². The van der Waals surface area contributed by atoms with Gasteiger partial charge in [0.05, 0.1) is 4.92 Å². The highest BCUT2D eigenvalue weighted by Gasteiger charge is 2.14. The summed E-state index contributed by atoms with van der Waals surface area (Å²) in [5.41, 5.74) is 5.49. The van der Waals surface area contributed by atoms with Gasteiger partial charge in [-0.25, -0.2) is 0 Å². The number of hydrogen-bond donors (Lipinski definition) is 1. The zero-order chi connectivity index (χ0) is 10.0. The highest BCUT2D eigenvalue weighted by Crippen LogP contribution is 2.20. The molecule has 0 heterocycles.